The molecule has 1 aromatic heterocycles. The summed E-state index contributed by atoms with van der Waals surface area (Å²) in [5.41, 5.74) is 3.29. The highest BCUT2D eigenvalue weighted by Crippen LogP contribution is 2.43. The van der Waals surface area contributed by atoms with E-state index in [-0.39, 0.29) is 28.5 Å². The zero-order valence-electron chi connectivity index (χ0n) is 17.2. The highest BCUT2D eigenvalue weighted by molar-refractivity contribution is 5.94. The molecule has 2 N–H and O–H groups in total. The Kier molecular flexibility index (Phi) is 4.15. The first-order chi connectivity index (χ1) is 14.6. The average molecular weight is 405 g/mol. The highest BCUT2D eigenvalue weighted by Gasteiger charge is 2.55. The van der Waals surface area contributed by atoms with E-state index in [2.05, 4.69) is 50.4 Å². The van der Waals surface area contributed by atoms with Gasteiger partial charge in [0.05, 0.1) is 0 Å². The number of pyridine rings is 1. The van der Waals surface area contributed by atoms with Crippen molar-refractivity contribution >= 4 is 5.91 Å². The van der Waals surface area contributed by atoms with E-state index in [4.69, 9.17) is 0 Å². The minimum Gasteiger partial charge on any atom is -0.348 e. The van der Waals surface area contributed by atoms with Crippen molar-refractivity contribution < 1.29 is 4.79 Å². The summed E-state index contributed by atoms with van der Waals surface area (Å²) < 4.78 is 0. The van der Waals surface area contributed by atoms with E-state index in [1.807, 2.05) is 6.07 Å². The standard InChI is InChI=1S/C24H28N4O2/c29-22-19(11-16-5-4-8-20(16)25-22)23(30)26-21-17-12-27-9-10-28(13-17)15-24(21,14-27)18-6-2-1-3-7-18/h1-3,6-7,11,17,21H,4-5,8-10,12-15H2,(H,25,29)(H,26,30). The van der Waals surface area contributed by atoms with Gasteiger partial charge in [0.15, 0.2) is 0 Å². The summed E-state index contributed by atoms with van der Waals surface area (Å²) in [5.74, 6) is 0.148. The molecule has 4 fully saturated rings. The smallest absolute Gasteiger partial charge is 0.261 e. The monoisotopic (exact) mass is 404 g/mol. The molecular formula is C24H28N4O2. The van der Waals surface area contributed by atoms with Crippen molar-refractivity contribution in [3.63, 3.8) is 0 Å². The van der Waals surface area contributed by atoms with Crippen LogP contribution >= 0.6 is 0 Å². The summed E-state index contributed by atoms with van der Waals surface area (Å²) in [6.45, 7) is 6.12. The molecule has 3 atom stereocenters. The van der Waals surface area contributed by atoms with E-state index < -0.39 is 0 Å². The molecule has 0 radical (unpaired) electrons. The molecular weight excluding hydrogens is 376 g/mol. The number of aryl methyl sites for hydroxylation is 2. The molecule has 5 aliphatic rings. The van der Waals surface area contributed by atoms with E-state index in [1.54, 1.807) is 0 Å². The lowest BCUT2D eigenvalue weighted by atomic mass is 9.64. The molecule has 4 aliphatic heterocycles. The number of benzene rings is 1. The quantitative estimate of drug-likeness (QED) is 0.806. The second-order valence-electron chi connectivity index (χ2n) is 9.57. The van der Waals surface area contributed by atoms with E-state index in [9.17, 15) is 9.59 Å². The first kappa shape index (κ1) is 18.3. The predicted octanol–water partition coefficient (Wildman–Crippen LogP) is 1.16. The van der Waals surface area contributed by atoms with Crippen LogP contribution in [0.3, 0.4) is 0 Å². The number of fused-ring (bicyclic) bond motifs is 2. The highest BCUT2D eigenvalue weighted by atomic mass is 16.2. The Morgan fingerprint density at radius 2 is 1.80 bits per heavy atom. The second kappa shape index (κ2) is 6.79. The molecule has 5 heterocycles. The van der Waals surface area contributed by atoms with Gasteiger partial charge in [0, 0.05) is 62.3 Å². The number of hydrogen-bond acceptors (Lipinski definition) is 4. The van der Waals surface area contributed by atoms with Crippen LogP contribution in [0.5, 0.6) is 0 Å². The minimum atomic E-state index is -0.254. The topological polar surface area (TPSA) is 68.4 Å². The van der Waals surface area contributed by atoms with E-state index in [0.717, 1.165) is 69.8 Å². The van der Waals surface area contributed by atoms with Crippen LogP contribution in [0.1, 0.15) is 33.6 Å². The number of aromatic nitrogens is 1. The number of carbonyl (C=O) groups excluding carboxylic acids is 1. The van der Waals surface area contributed by atoms with Crippen molar-refractivity contribution in [2.75, 3.05) is 39.3 Å². The van der Waals surface area contributed by atoms with Crippen LogP contribution in [-0.2, 0) is 18.3 Å². The van der Waals surface area contributed by atoms with Crippen molar-refractivity contribution in [3.8, 4) is 0 Å². The maximum absolute atomic E-state index is 13.4. The maximum atomic E-state index is 13.4. The summed E-state index contributed by atoms with van der Waals surface area (Å²) >= 11 is 0. The van der Waals surface area contributed by atoms with Crippen LogP contribution in [-0.4, -0.2) is 66.0 Å². The van der Waals surface area contributed by atoms with Gasteiger partial charge in [-0.3, -0.25) is 9.59 Å². The molecule has 1 aromatic carbocycles. The number of H-pyrrole nitrogens is 1. The second-order valence-corrected chi connectivity index (χ2v) is 9.57. The molecule has 7 rings (SSSR count). The number of aromatic amines is 1. The lowest BCUT2D eigenvalue weighted by Gasteiger charge is -2.55. The largest absolute Gasteiger partial charge is 0.348 e. The maximum Gasteiger partial charge on any atom is 0.261 e. The van der Waals surface area contributed by atoms with Gasteiger partial charge in [-0.05, 0) is 36.5 Å². The normalized spacial score (nSPS) is 33.9. The fourth-order valence-corrected chi connectivity index (χ4v) is 6.47. The first-order valence-electron chi connectivity index (χ1n) is 11.2. The Bertz CT molecular complexity index is 1030. The first-order valence-corrected chi connectivity index (χ1v) is 11.2. The number of carbonyl (C=O) groups is 1. The Morgan fingerprint density at radius 1 is 1.07 bits per heavy atom. The minimum absolute atomic E-state index is 0.0330. The third kappa shape index (κ3) is 2.77. The molecule has 2 aromatic rings. The third-order valence-corrected chi connectivity index (χ3v) is 7.76. The summed E-state index contributed by atoms with van der Waals surface area (Å²) in [4.78, 5) is 34.1. The SMILES string of the molecule is O=C(NC1C2CN3CCN(C2)CC1(c1ccccc1)C3)c1cc2c([nH]c1=O)CCC2. The number of piperidine rings is 2. The molecule has 3 unspecified atom stereocenters. The molecule has 6 heteroatoms. The van der Waals surface area contributed by atoms with E-state index in [0.29, 0.717) is 5.92 Å². The zero-order chi connectivity index (χ0) is 20.3. The summed E-state index contributed by atoms with van der Waals surface area (Å²) in [5, 5.41) is 3.37. The van der Waals surface area contributed by atoms with Gasteiger partial charge < -0.3 is 20.1 Å². The lowest BCUT2D eigenvalue weighted by Crippen LogP contribution is -2.70. The van der Waals surface area contributed by atoms with Gasteiger partial charge in [-0.2, -0.15) is 0 Å². The van der Waals surface area contributed by atoms with Crippen LogP contribution in [0.15, 0.2) is 41.2 Å². The number of hydrogen-bond donors (Lipinski definition) is 2. The average Bonchev–Trinajstić information content (AvgIpc) is 3.05. The third-order valence-electron chi connectivity index (χ3n) is 7.76. The summed E-state index contributed by atoms with van der Waals surface area (Å²) in [6.07, 6.45) is 2.89. The van der Waals surface area contributed by atoms with Gasteiger partial charge in [0.2, 0.25) is 0 Å². The summed E-state index contributed by atoms with van der Waals surface area (Å²) in [6, 6.07) is 12.5. The van der Waals surface area contributed by atoms with Crippen LogP contribution in [0.25, 0.3) is 0 Å². The molecule has 30 heavy (non-hydrogen) atoms. The van der Waals surface area contributed by atoms with Gasteiger partial charge in [-0.25, -0.2) is 0 Å². The van der Waals surface area contributed by atoms with Crippen molar-refractivity contribution in [1.29, 1.82) is 0 Å². The number of nitrogens with one attached hydrogen (secondary N) is 2. The van der Waals surface area contributed by atoms with Crippen molar-refractivity contribution in [2.45, 2.75) is 30.7 Å². The van der Waals surface area contributed by atoms with Crippen LogP contribution in [0.4, 0.5) is 0 Å². The van der Waals surface area contributed by atoms with Crippen LogP contribution in [0, 0.1) is 5.92 Å². The Balaban J connectivity index is 1.38. The number of amides is 1. The van der Waals surface area contributed by atoms with Gasteiger partial charge in [0.1, 0.15) is 5.56 Å². The molecule has 0 saturated carbocycles. The van der Waals surface area contributed by atoms with Crippen molar-refractivity contribution in [3.05, 3.63) is 69.1 Å². The van der Waals surface area contributed by atoms with Gasteiger partial charge >= 0.3 is 0 Å². The van der Waals surface area contributed by atoms with Gasteiger partial charge in [-0.1, -0.05) is 30.3 Å². The molecule has 4 saturated heterocycles. The molecule has 6 nitrogen and oxygen atoms in total. The molecule has 1 amide bonds. The van der Waals surface area contributed by atoms with Gasteiger partial charge in [0.25, 0.3) is 11.5 Å². The Hall–Kier alpha value is -2.44. The van der Waals surface area contributed by atoms with Crippen molar-refractivity contribution in [1.82, 2.24) is 20.1 Å². The zero-order valence-corrected chi connectivity index (χ0v) is 17.2. The molecule has 4 bridgehead atoms. The summed E-state index contributed by atoms with van der Waals surface area (Å²) in [7, 11) is 0. The molecule has 0 spiro atoms. The van der Waals surface area contributed by atoms with Gasteiger partial charge in [-0.15, -0.1) is 0 Å². The lowest BCUT2D eigenvalue weighted by molar-refractivity contribution is 0.0180. The number of rotatable bonds is 3. The predicted molar refractivity (Wildman–Crippen MR) is 115 cm³/mol. The molecule has 156 valence electrons. The Morgan fingerprint density at radius 3 is 2.53 bits per heavy atom. The van der Waals surface area contributed by atoms with E-state index >= 15 is 0 Å². The van der Waals surface area contributed by atoms with E-state index in [1.165, 1.54) is 5.56 Å². The fourth-order valence-electron chi connectivity index (χ4n) is 6.47. The Labute approximate surface area is 176 Å². The number of nitrogens with zero attached hydrogens (tertiary/aromatic N) is 2. The fraction of sp³-hybridized carbons (Fsp3) is 0.500. The van der Waals surface area contributed by atoms with Crippen LogP contribution < -0.4 is 10.9 Å². The molecule has 1 aliphatic carbocycles. The van der Waals surface area contributed by atoms with Crippen LogP contribution in [0.2, 0.25) is 0 Å². The van der Waals surface area contributed by atoms with Crippen molar-refractivity contribution in [2.24, 2.45) is 5.92 Å².